The number of fused-ring (bicyclic) bond motifs is 1. The predicted molar refractivity (Wildman–Crippen MR) is 109 cm³/mol. The van der Waals surface area contributed by atoms with Crippen LogP contribution in [0.2, 0.25) is 5.02 Å². The Kier molecular flexibility index (Phi) is 5.72. The fraction of sp³-hybridized carbons (Fsp3) is 0.263. The van der Waals surface area contributed by atoms with Crippen molar-refractivity contribution in [3.05, 3.63) is 53.1 Å². The van der Waals surface area contributed by atoms with Crippen molar-refractivity contribution in [2.75, 3.05) is 36.2 Å². The number of hydrogen-bond donors (Lipinski definition) is 0. The first kappa shape index (κ1) is 20.9. The standard InChI is InChI=1S/C19H19ClN2O6S/c1-21(29(3,25)26)15-10-12(8-9-13(15)20)18(23)22-11-17(19(24)27-2)28-16-7-5-4-6-14(16)22/h4-10,17H,11H2,1-3H3. The Morgan fingerprint density at radius 2 is 1.93 bits per heavy atom. The van der Waals surface area contributed by atoms with Crippen molar-refractivity contribution in [2.24, 2.45) is 0 Å². The van der Waals surface area contributed by atoms with E-state index in [1.807, 2.05) is 0 Å². The number of nitrogens with zero attached hydrogens (tertiary/aromatic N) is 2. The molecule has 1 amide bonds. The number of anilines is 2. The lowest BCUT2D eigenvalue weighted by Gasteiger charge is -2.33. The molecule has 0 aliphatic carbocycles. The Balaban J connectivity index is 2.02. The van der Waals surface area contributed by atoms with Gasteiger partial charge in [-0.15, -0.1) is 0 Å². The van der Waals surface area contributed by atoms with E-state index in [2.05, 4.69) is 0 Å². The Morgan fingerprint density at radius 1 is 1.24 bits per heavy atom. The van der Waals surface area contributed by atoms with Gasteiger partial charge in [-0.1, -0.05) is 23.7 Å². The van der Waals surface area contributed by atoms with E-state index in [4.69, 9.17) is 21.1 Å². The third-order valence-electron chi connectivity index (χ3n) is 4.51. The molecule has 0 spiro atoms. The van der Waals surface area contributed by atoms with Crippen LogP contribution in [0, 0.1) is 0 Å². The number of para-hydroxylation sites is 2. The third kappa shape index (κ3) is 4.15. The summed E-state index contributed by atoms with van der Waals surface area (Å²) in [4.78, 5) is 26.7. The third-order valence-corrected chi connectivity index (χ3v) is 6.02. The highest BCUT2D eigenvalue weighted by molar-refractivity contribution is 7.92. The summed E-state index contributed by atoms with van der Waals surface area (Å²) in [5, 5.41) is 0.185. The second kappa shape index (κ2) is 7.92. The average molecular weight is 439 g/mol. The van der Waals surface area contributed by atoms with Gasteiger partial charge in [0.2, 0.25) is 16.1 Å². The number of amides is 1. The Bertz CT molecular complexity index is 1070. The summed E-state index contributed by atoms with van der Waals surface area (Å²) in [7, 11) is -0.985. The van der Waals surface area contributed by atoms with Crippen LogP contribution in [0.25, 0.3) is 0 Å². The minimum atomic E-state index is -3.57. The molecule has 0 radical (unpaired) electrons. The number of ether oxygens (including phenoxy) is 2. The van der Waals surface area contributed by atoms with Gasteiger partial charge in [-0.2, -0.15) is 0 Å². The summed E-state index contributed by atoms with van der Waals surface area (Å²) >= 11 is 6.14. The maximum atomic E-state index is 13.3. The lowest BCUT2D eigenvalue weighted by molar-refractivity contribution is -0.148. The zero-order valence-electron chi connectivity index (χ0n) is 16.0. The highest BCUT2D eigenvalue weighted by Crippen LogP contribution is 2.35. The molecular weight excluding hydrogens is 420 g/mol. The van der Waals surface area contributed by atoms with Gasteiger partial charge < -0.3 is 14.4 Å². The van der Waals surface area contributed by atoms with E-state index in [0.717, 1.165) is 10.6 Å². The summed E-state index contributed by atoms with van der Waals surface area (Å²) in [6, 6.07) is 11.2. The zero-order chi connectivity index (χ0) is 21.3. The minimum Gasteiger partial charge on any atom is -0.475 e. The second-order valence-corrected chi connectivity index (χ2v) is 8.83. The molecule has 1 heterocycles. The summed E-state index contributed by atoms with van der Waals surface area (Å²) in [5.41, 5.74) is 0.872. The van der Waals surface area contributed by atoms with Crippen molar-refractivity contribution in [1.82, 2.24) is 0 Å². The van der Waals surface area contributed by atoms with Crippen molar-refractivity contribution < 1.29 is 27.5 Å². The van der Waals surface area contributed by atoms with E-state index < -0.39 is 28.0 Å². The molecule has 0 aromatic heterocycles. The molecule has 3 rings (SSSR count). The van der Waals surface area contributed by atoms with Gasteiger partial charge >= 0.3 is 5.97 Å². The first-order valence-electron chi connectivity index (χ1n) is 8.52. The van der Waals surface area contributed by atoms with Gasteiger partial charge in [0.05, 0.1) is 36.3 Å². The highest BCUT2D eigenvalue weighted by Gasteiger charge is 2.35. The quantitative estimate of drug-likeness (QED) is 0.680. The van der Waals surface area contributed by atoms with Crippen molar-refractivity contribution in [2.45, 2.75) is 6.10 Å². The van der Waals surface area contributed by atoms with Crippen LogP contribution in [0.1, 0.15) is 10.4 Å². The molecule has 2 aromatic rings. The Labute approximate surface area is 173 Å². The fourth-order valence-electron chi connectivity index (χ4n) is 2.90. The number of sulfonamides is 1. The van der Waals surface area contributed by atoms with Gasteiger partial charge in [-0.3, -0.25) is 9.10 Å². The van der Waals surface area contributed by atoms with E-state index in [-0.39, 0.29) is 22.8 Å². The van der Waals surface area contributed by atoms with Crippen LogP contribution in [0.4, 0.5) is 11.4 Å². The van der Waals surface area contributed by atoms with Crippen LogP contribution in [0.15, 0.2) is 42.5 Å². The minimum absolute atomic E-state index is 0.0532. The molecule has 1 unspecified atom stereocenters. The lowest BCUT2D eigenvalue weighted by atomic mass is 10.1. The molecule has 0 saturated carbocycles. The normalized spacial score (nSPS) is 15.9. The number of carbonyl (C=O) groups is 2. The number of carbonyl (C=O) groups excluding carboxylic acids is 2. The highest BCUT2D eigenvalue weighted by atomic mass is 35.5. The summed E-state index contributed by atoms with van der Waals surface area (Å²) in [6.45, 7) is -0.0532. The van der Waals surface area contributed by atoms with Crippen molar-refractivity contribution >= 4 is 44.9 Å². The molecule has 0 bridgehead atoms. The van der Waals surface area contributed by atoms with Gasteiger partial charge in [0.15, 0.2) is 0 Å². The molecule has 0 N–H and O–H groups in total. The molecule has 0 fully saturated rings. The van der Waals surface area contributed by atoms with Gasteiger partial charge in [-0.25, -0.2) is 13.2 Å². The van der Waals surface area contributed by atoms with Crippen LogP contribution in [-0.2, 0) is 19.6 Å². The van der Waals surface area contributed by atoms with E-state index in [1.165, 1.54) is 37.3 Å². The van der Waals surface area contributed by atoms with E-state index in [0.29, 0.717) is 11.4 Å². The Morgan fingerprint density at radius 3 is 2.59 bits per heavy atom. The SMILES string of the molecule is COC(=O)C1CN(C(=O)c2ccc(Cl)c(N(C)S(C)(=O)=O)c2)c2ccccc2O1. The molecular formula is C19H19ClN2O6S. The van der Waals surface area contributed by atoms with Crippen LogP contribution < -0.4 is 13.9 Å². The van der Waals surface area contributed by atoms with Gasteiger partial charge in [-0.05, 0) is 30.3 Å². The largest absolute Gasteiger partial charge is 0.475 e. The summed E-state index contributed by atoms with van der Waals surface area (Å²) in [5.74, 6) is -0.676. The molecule has 1 atom stereocenters. The molecule has 2 aromatic carbocycles. The first-order valence-corrected chi connectivity index (χ1v) is 10.7. The van der Waals surface area contributed by atoms with E-state index in [9.17, 15) is 18.0 Å². The van der Waals surface area contributed by atoms with E-state index in [1.54, 1.807) is 24.3 Å². The maximum Gasteiger partial charge on any atom is 0.348 e. The molecule has 8 nitrogen and oxygen atoms in total. The zero-order valence-corrected chi connectivity index (χ0v) is 17.5. The smallest absolute Gasteiger partial charge is 0.348 e. The number of methoxy groups -OCH3 is 1. The van der Waals surface area contributed by atoms with Crippen LogP contribution in [-0.4, -0.2) is 53.4 Å². The molecule has 0 saturated heterocycles. The van der Waals surface area contributed by atoms with Crippen LogP contribution >= 0.6 is 11.6 Å². The maximum absolute atomic E-state index is 13.3. The number of rotatable bonds is 4. The van der Waals surface area contributed by atoms with Crippen molar-refractivity contribution in [3.8, 4) is 5.75 Å². The second-order valence-electron chi connectivity index (χ2n) is 6.41. The number of hydrogen-bond acceptors (Lipinski definition) is 6. The summed E-state index contributed by atoms with van der Waals surface area (Å²) < 4.78 is 35.2. The van der Waals surface area contributed by atoms with E-state index >= 15 is 0 Å². The number of halogens is 1. The van der Waals surface area contributed by atoms with Crippen molar-refractivity contribution in [1.29, 1.82) is 0 Å². The molecule has 10 heteroatoms. The molecule has 154 valence electrons. The molecule has 1 aliphatic heterocycles. The monoisotopic (exact) mass is 438 g/mol. The lowest BCUT2D eigenvalue weighted by Crippen LogP contribution is -2.47. The van der Waals surface area contributed by atoms with Crippen LogP contribution in [0.5, 0.6) is 5.75 Å². The summed E-state index contributed by atoms with van der Waals surface area (Å²) in [6.07, 6.45) is 0.0566. The van der Waals surface area contributed by atoms with Crippen LogP contribution in [0.3, 0.4) is 0 Å². The first-order chi connectivity index (χ1) is 13.6. The number of benzene rings is 2. The average Bonchev–Trinajstić information content (AvgIpc) is 2.71. The Hall–Kier alpha value is -2.78. The van der Waals surface area contributed by atoms with Crippen molar-refractivity contribution in [3.63, 3.8) is 0 Å². The van der Waals surface area contributed by atoms with Gasteiger partial charge in [0.25, 0.3) is 5.91 Å². The predicted octanol–water partition coefficient (Wildman–Crippen LogP) is 2.32. The molecule has 1 aliphatic rings. The van der Waals surface area contributed by atoms with Gasteiger partial charge in [0.1, 0.15) is 5.75 Å². The molecule has 29 heavy (non-hydrogen) atoms. The fourth-order valence-corrected chi connectivity index (χ4v) is 3.71. The topological polar surface area (TPSA) is 93.2 Å². The number of esters is 1. The van der Waals surface area contributed by atoms with Gasteiger partial charge in [0, 0.05) is 12.6 Å².